The molecule has 12 heavy (non-hydrogen) atoms. The Balaban J connectivity index is 4.73. The summed E-state index contributed by atoms with van der Waals surface area (Å²) in [5.74, 6) is 0. The fraction of sp³-hybridized carbons (Fsp3) is 0.778. The van der Waals surface area contributed by atoms with Crippen molar-refractivity contribution in [2.24, 2.45) is 0 Å². The number of hydrogen-bond donors (Lipinski definition) is 0. The fourth-order valence-electron chi connectivity index (χ4n) is 1.44. The van der Waals surface area contributed by atoms with Gasteiger partial charge in [-0.1, -0.05) is 13.0 Å². The van der Waals surface area contributed by atoms with Gasteiger partial charge in [-0.05, 0) is 40.3 Å². The lowest BCUT2D eigenvalue weighted by atomic mass is 10.5. The molecular formula is C9H22N2Si. The first kappa shape index (κ1) is 11.9. The van der Waals surface area contributed by atoms with Crippen molar-refractivity contribution in [3.05, 3.63) is 12.7 Å². The van der Waals surface area contributed by atoms with Crippen molar-refractivity contribution < 1.29 is 0 Å². The molecule has 0 saturated carbocycles. The predicted octanol–water partition coefficient (Wildman–Crippen LogP) is 1.76. The van der Waals surface area contributed by atoms with E-state index >= 15 is 0 Å². The van der Waals surface area contributed by atoms with Gasteiger partial charge in [-0.15, -0.1) is 6.58 Å². The smallest absolute Gasteiger partial charge is 0.209 e. The Kier molecular flexibility index (Phi) is 4.17. The van der Waals surface area contributed by atoms with Crippen LogP contribution in [0.2, 0.25) is 12.1 Å². The van der Waals surface area contributed by atoms with Crippen LogP contribution < -0.4 is 0 Å². The highest BCUT2D eigenvalue weighted by Crippen LogP contribution is 2.25. The lowest BCUT2D eigenvalue weighted by molar-refractivity contribution is 0.475. The maximum Gasteiger partial charge on any atom is 0.209 e. The van der Waals surface area contributed by atoms with E-state index in [9.17, 15) is 0 Å². The maximum atomic E-state index is 3.87. The summed E-state index contributed by atoms with van der Waals surface area (Å²) >= 11 is 0. The van der Waals surface area contributed by atoms with Gasteiger partial charge < -0.3 is 9.13 Å². The van der Waals surface area contributed by atoms with Gasteiger partial charge >= 0.3 is 0 Å². The Morgan fingerprint density at radius 1 is 1.17 bits per heavy atom. The van der Waals surface area contributed by atoms with E-state index in [2.05, 4.69) is 63.4 Å². The van der Waals surface area contributed by atoms with Crippen LogP contribution in [0.4, 0.5) is 0 Å². The molecule has 0 aromatic heterocycles. The van der Waals surface area contributed by atoms with Gasteiger partial charge in [-0.3, -0.25) is 0 Å². The van der Waals surface area contributed by atoms with Crippen molar-refractivity contribution in [3.8, 4) is 0 Å². The van der Waals surface area contributed by atoms with Crippen molar-refractivity contribution in [1.29, 1.82) is 0 Å². The van der Waals surface area contributed by atoms with Crippen molar-refractivity contribution in [2.45, 2.75) is 19.0 Å². The highest BCUT2D eigenvalue weighted by molar-refractivity contribution is 6.74. The monoisotopic (exact) mass is 186 g/mol. The van der Waals surface area contributed by atoms with Gasteiger partial charge in [-0.25, -0.2) is 0 Å². The molecule has 0 spiro atoms. The highest BCUT2D eigenvalue weighted by atomic mass is 28.3. The van der Waals surface area contributed by atoms with Crippen molar-refractivity contribution in [1.82, 2.24) is 9.13 Å². The van der Waals surface area contributed by atoms with E-state index in [0.717, 1.165) is 0 Å². The Morgan fingerprint density at radius 3 is 1.58 bits per heavy atom. The molecule has 0 aliphatic heterocycles. The van der Waals surface area contributed by atoms with Gasteiger partial charge in [-0.2, -0.15) is 0 Å². The largest absolute Gasteiger partial charge is 0.317 e. The molecule has 0 heterocycles. The van der Waals surface area contributed by atoms with E-state index in [1.54, 1.807) is 0 Å². The molecule has 2 nitrogen and oxygen atoms in total. The molecule has 0 bridgehead atoms. The van der Waals surface area contributed by atoms with Gasteiger partial charge in [0.1, 0.15) is 0 Å². The zero-order chi connectivity index (χ0) is 9.94. The first-order valence-electron chi connectivity index (χ1n) is 4.34. The summed E-state index contributed by atoms with van der Waals surface area (Å²) in [6, 6.07) is 0. The summed E-state index contributed by atoms with van der Waals surface area (Å²) in [7, 11) is 7.18. The average Bonchev–Trinajstić information content (AvgIpc) is 2.00. The highest BCUT2D eigenvalue weighted by Gasteiger charge is 2.37. The van der Waals surface area contributed by atoms with Crippen molar-refractivity contribution in [2.75, 3.05) is 28.2 Å². The molecule has 0 rings (SSSR count). The third-order valence-electron chi connectivity index (χ3n) is 3.03. The van der Waals surface area contributed by atoms with Crippen LogP contribution in [-0.2, 0) is 0 Å². The molecule has 1 unspecified atom stereocenters. The quantitative estimate of drug-likeness (QED) is 0.487. The summed E-state index contributed by atoms with van der Waals surface area (Å²) in [6.07, 6.45) is 2.06. The van der Waals surface area contributed by atoms with Crippen LogP contribution in [0.25, 0.3) is 0 Å². The molecular weight excluding hydrogens is 164 g/mol. The van der Waals surface area contributed by atoms with Gasteiger partial charge in [0.25, 0.3) is 0 Å². The van der Waals surface area contributed by atoms with Gasteiger partial charge in [0.15, 0.2) is 0 Å². The normalized spacial score (nSPS) is 15.3. The molecule has 72 valence electrons. The van der Waals surface area contributed by atoms with E-state index in [1.807, 2.05) is 0 Å². The number of rotatable bonds is 4. The minimum atomic E-state index is -1.46. The van der Waals surface area contributed by atoms with Crippen molar-refractivity contribution >= 4 is 8.40 Å². The maximum absolute atomic E-state index is 3.87. The Bertz CT molecular complexity index is 147. The Hall–Kier alpha value is -0.123. The van der Waals surface area contributed by atoms with Crippen LogP contribution in [0, 0.1) is 0 Å². The summed E-state index contributed by atoms with van der Waals surface area (Å²) in [4.78, 5) is 0. The van der Waals surface area contributed by atoms with Gasteiger partial charge in [0.05, 0.1) is 0 Å². The molecule has 0 fully saturated rings. The standard InChI is InChI=1S/C9H22N2Si/c1-8-9(2)12(7,10(3)4)11(5)6/h8-9H,1H2,2-7H3. The third-order valence-corrected chi connectivity index (χ3v) is 8.61. The molecule has 0 aromatic carbocycles. The molecule has 0 aromatic rings. The Morgan fingerprint density at radius 2 is 1.50 bits per heavy atom. The first-order chi connectivity index (χ1) is 5.37. The summed E-state index contributed by atoms with van der Waals surface area (Å²) in [6.45, 7) is 8.48. The summed E-state index contributed by atoms with van der Waals surface area (Å²) in [5, 5.41) is 0. The fourth-order valence-corrected chi connectivity index (χ4v) is 4.31. The van der Waals surface area contributed by atoms with Crippen molar-refractivity contribution in [3.63, 3.8) is 0 Å². The first-order valence-corrected chi connectivity index (χ1v) is 6.82. The second kappa shape index (κ2) is 4.21. The van der Waals surface area contributed by atoms with E-state index in [0.29, 0.717) is 5.54 Å². The second-order valence-corrected chi connectivity index (χ2v) is 8.80. The lowest BCUT2D eigenvalue weighted by Crippen LogP contribution is -2.60. The molecule has 0 aliphatic carbocycles. The van der Waals surface area contributed by atoms with Crippen LogP contribution in [0.15, 0.2) is 12.7 Å². The zero-order valence-electron chi connectivity index (χ0n) is 9.26. The van der Waals surface area contributed by atoms with Crippen LogP contribution in [0.5, 0.6) is 0 Å². The van der Waals surface area contributed by atoms with E-state index in [4.69, 9.17) is 0 Å². The number of allylic oxidation sites excluding steroid dienone is 1. The molecule has 0 radical (unpaired) electrons. The van der Waals surface area contributed by atoms with Gasteiger partial charge in [0.2, 0.25) is 8.40 Å². The lowest BCUT2D eigenvalue weighted by Gasteiger charge is -2.43. The van der Waals surface area contributed by atoms with Crippen LogP contribution in [-0.4, -0.2) is 45.7 Å². The topological polar surface area (TPSA) is 6.48 Å². The van der Waals surface area contributed by atoms with Crippen LogP contribution in [0.3, 0.4) is 0 Å². The van der Waals surface area contributed by atoms with E-state index in [1.165, 1.54) is 0 Å². The zero-order valence-corrected chi connectivity index (χ0v) is 10.3. The van der Waals surface area contributed by atoms with Gasteiger partial charge in [0, 0.05) is 0 Å². The molecule has 0 saturated heterocycles. The second-order valence-electron chi connectivity index (χ2n) is 3.91. The van der Waals surface area contributed by atoms with E-state index < -0.39 is 8.40 Å². The molecule has 3 heteroatoms. The third kappa shape index (κ3) is 1.97. The summed E-state index contributed by atoms with van der Waals surface area (Å²) in [5.41, 5.74) is 0.586. The molecule has 1 atom stereocenters. The molecule has 0 amide bonds. The number of hydrogen-bond acceptors (Lipinski definition) is 2. The molecule has 0 N–H and O–H groups in total. The Labute approximate surface area is 78.0 Å². The van der Waals surface area contributed by atoms with E-state index in [-0.39, 0.29) is 0 Å². The molecule has 0 aliphatic rings. The summed E-state index contributed by atoms with van der Waals surface area (Å²) < 4.78 is 4.72. The SMILES string of the molecule is C=CC(C)[Si](C)(N(C)C)N(C)C. The average molecular weight is 186 g/mol. The van der Waals surface area contributed by atoms with Crippen LogP contribution in [0.1, 0.15) is 6.92 Å². The predicted molar refractivity (Wildman–Crippen MR) is 58.6 cm³/mol. The number of nitrogens with zero attached hydrogens (tertiary/aromatic N) is 2. The minimum Gasteiger partial charge on any atom is -0.317 e. The minimum absolute atomic E-state index is 0.586. The van der Waals surface area contributed by atoms with Crippen LogP contribution >= 0.6 is 0 Å².